The second-order valence-electron chi connectivity index (χ2n) is 5.84. The Balaban J connectivity index is 1.89. The SMILES string of the molecule is CN1C(=O)CCc2cc(-c3cncc(CCC(N)=O)c3)ccc21. The van der Waals surface area contributed by atoms with Gasteiger partial charge in [0, 0.05) is 43.5 Å². The molecule has 2 aromatic rings. The van der Waals surface area contributed by atoms with Gasteiger partial charge in [-0.05, 0) is 47.7 Å². The number of rotatable bonds is 4. The minimum Gasteiger partial charge on any atom is -0.370 e. The second kappa shape index (κ2) is 6.20. The molecule has 0 unspecified atom stereocenters. The van der Waals surface area contributed by atoms with Crippen LogP contribution < -0.4 is 10.6 Å². The number of aryl methyl sites for hydroxylation is 2. The van der Waals surface area contributed by atoms with Gasteiger partial charge in [-0.3, -0.25) is 14.6 Å². The van der Waals surface area contributed by atoms with E-state index < -0.39 is 0 Å². The van der Waals surface area contributed by atoms with E-state index in [9.17, 15) is 9.59 Å². The van der Waals surface area contributed by atoms with Crippen LogP contribution in [0.1, 0.15) is 24.0 Å². The third-order valence-electron chi connectivity index (χ3n) is 4.21. The molecule has 2 heterocycles. The molecule has 118 valence electrons. The average molecular weight is 309 g/mol. The topological polar surface area (TPSA) is 76.3 Å². The molecule has 0 radical (unpaired) electrons. The zero-order chi connectivity index (χ0) is 16.4. The number of primary amides is 1. The van der Waals surface area contributed by atoms with Crippen molar-refractivity contribution < 1.29 is 9.59 Å². The van der Waals surface area contributed by atoms with Gasteiger partial charge in [0.15, 0.2) is 0 Å². The molecule has 3 rings (SSSR count). The minimum atomic E-state index is -0.308. The molecular weight excluding hydrogens is 290 g/mol. The monoisotopic (exact) mass is 309 g/mol. The highest BCUT2D eigenvalue weighted by atomic mass is 16.2. The van der Waals surface area contributed by atoms with E-state index in [2.05, 4.69) is 11.1 Å². The summed E-state index contributed by atoms with van der Waals surface area (Å²) in [7, 11) is 1.81. The van der Waals surface area contributed by atoms with Gasteiger partial charge in [-0.25, -0.2) is 0 Å². The number of benzene rings is 1. The highest BCUT2D eigenvalue weighted by Gasteiger charge is 2.20. The molecule has 23 heavy (non-hydrogen) atoms. The predicted octanol–water partition coefficient (Wildman–Crippen LogP) is 2.08. The summed E-state index contributed by atoms with van der Waals surface area (Å²) in [4.78, 5) is 28.7. The fourth-order valence-corrected chi connectivity index (χ4v) is 2.89. The molecule has 0 fully saturated rings. The van der Waals surface area contributed by atoms with Gasteiger partial charge in [0.2, 0.25) is 11.8 Å². The number of anilines is 1. The molecule has 2 N–H and O–H groups in total. The lowest BCUT2D eigenvalue weighted by molar-refractivity contribution is -0.119. The number of hydrogen-bond acceptors (Lipinski definition) is 3. The number of carbonyl (C=O) groups is 2. The van der Waals surface area contributed by atoms with E-state index >= 15 is 0 Å². The molecule has 1 aromatic heterocycles. The number of pyridine rings is 1. The molecule has 0 aliphatic carbocycles. The highest BCUT2D eigenvalue weighted by Crippen LogP contribution is 2.31. The Morgan fingerprint density at radius 1 is 1.22 bits per heavy atom. The van der Waals surface area contributed by atoms with Gasteiger partial charge in [-0.1, -0.05) is 6.07 Å². The lowest BCUT2D eigenvalue weighted by Crippen LogP contribution is -2.30. The maximum absolute atomic E-state index is 11.8. The first-order chi connectivity index (χ1) is 11.0. The molecule has 1 aliphatic rings. The predicted molar refractivity (Wildman–Crippen MR) is 88.9 cm³/mol. The Morgan fingerprint density at radius 3 is 2.83 bits per heavy atom. The molecule has 1 aromatic carbocycles. The largest absolute Gasteiger partial charge is 0.370 e. The number of amides is 2. The van der Waals surface area contributed by atoms with E-state index in [1.54, 1.807) is 11.1 Å². The molecular formula is C18H19N3O2. The van der Waals surface area contributed by atoms with Crippen molar-refractivity contribution in [3.05, 3.63) is 47.8 Å². The lowest BCUT2D eigenvalue weighted by atomic mass is 9.96. The number of nitrogens with two attached hydrogens (primary N) is 1. The number of nitrogens with zero attached hydrogens (tertiary/aromatic N) is 2. The highest BCUT2D eigenvalue weighted by molar-refractivity contribution is 5.96. The summed E-state index contributed by atoms with van der Waals surface area (Å²) in [6, 6.07) is 8.14. The van der Waals surface area contributed by atoms with Gasteiger partial charge >= 0.3 is 0 Å². The minimum absolute atomic E-state index is 0.153. The van der Waals surface area contributed by atoms with Crippen molar-refractivity contribution in [2.24, 2.45) is 5.73 Å². The number of fused-ring (bicyclic) bond motifs is 1. The van der Waals surface area contributed by atoms with Crippen LogP contribution in [0.15, 0.2) is 36.7 Å². The molecule has 1 aliphatic heterocycles. The van der Waals surface area contributed by atoms with Crippen molar-refractivity contribution in [3.63, 3.8) is 0 Å². The first-order valence-electron chi connectivity index (χ1n) is 7.66. The van der Waals surface area contributed by atoms with Crippen LogP contribution in [0.25, 0.3) is 11.1 Å². The van der Waals surface area contributed by atoms with Gasteiger partial charge in [-0.15, -0.1) is 0 Å². The van der Waals surface area contributed by atoms with E-state index in [4.69, 9.17) is 5.73 Å². The summed E-state index contributed by atoms with van der Waals surface area (Å²) in [6.07, 6.45) is 5.80. The molecule has 0 bridgehead atoms. The average Bonchev–Trinajstić information content (AvgIpc) is 2.56. The summed E-state index contributed by atoms with van der Waals surface area (Å²) < 4.78 is 0. The van der Waals surface area contributed by atoms with Crippen molar-refractivity contribution in [1.29, 1.82) is 0 Å². The summed E-state index contributed by atoms with van der Waals surface area (Å²) in [5, 5.41) is 0. The Morgan fingerprint density at radius 2 is 2.04 bits per heavy atom. The van der Waals surface area contributed by atoms with Crippen LogP contribution in [-0.2, 0) is 22.4 Å². The quantitative estimate of drug-likeness (QED) is 0.939. The van der Waals surface area contributed by atoms with Gasteiger partial charge in [-0.2, -0.15) is 0 Å². The summed E-state index contributed by atoms with van der Waals surface area (Å²) in [6.45, 7) is 0. The lowest BCUT2D eigenvalue weighted by Gasteiger charge is -2.26. The standard InChI is InChI=1S/C18H19N3O2/c1-21-16-5-3-13(9-14(16)4-7-18(21)23)15-8-12(10-20-11-15)2-6-17(19)22/h3,5,8-11H,2,4,6-7H2,1H3,(H2,19,22). The van der Waals surface area contributed by atoms with Crippen molar-refractivity contribution in [3.8, 4) is 11.1 Å². The number of aromatic nitrogens is 1. The van der Waals surface area contributed by atoms with Crippen LogP contribution >= 0.6 is 0 Å². The van der Waals surface area contributed by atoms with Crippen LogP contribution in [-0.4, -0.2) is 23.8 Å². The second-order valence-corrected chi connectivity index (χ2v) is 5.84. The first-order valence-corrected chi connectivity index (χ1v) is 7.66. The summed E-state index contributed by atoms with van der Waals surface area (Å²) in [5.74, 6) is -0.155. The van der Waals surface area contributed by atoms with E-state index in [0.29, 0.717) is 19.3 Å². The van der Waals surface area contributed by atoms with E-state index in [1.165, 1.54) is 5.56 Å². The maximum Gasteiger partial charge on any atom is 0.227 e. The van der Waals surface area contributed by atoms with Crippen LogP contribution in [0.5, 0.6) is 0 Å². The van der Waals surface area contributed by atoms with Crippen LogP contribution in [0.4, 0.5) is 5.69 Å². The van der Waals surface area contributed by atoms with Crippen molar-refractivity contribution in [2.75, 3.05) is 11.9 Å². The first kappa shape index (κ1) is 15.2. The molecule has 0 spiro atoms. The van der Waals surface area contributed by atoms with Crippen LogP contribution in [0.3, 0.4) is 0 Å². The third-order valence-corrected chi connectivity index (χ3v) is 4.21. The van der Waals surface area contributed by atoms with E-state index in [1.807, 2.05) is 31.4 Å². The fourth-order valence-electron chi connectivity index (χ4n) is 2.89. The maximum atomic E-state index is 11.8. The molecule has 0 atom stereocenters. The molecule has 2 amide bonds. The number of carbonyl (C=O) groups excluding carboxylic acids is 2. The third kappa shape index (κ3) is 3.23. The van der Waals surface area contributed by atoms with Crippen LogP contribution in [0.2, 0.25) is 0 Å². The van der Waals surface area contributed by atoms with Gasteiger partial charge in [0.25, 0.3) is 0 Å². The molecule has 5 heteroatoms. The van der Waals surface area contributed by atoms with Gasteiger partial charge in [0.05, 0.1) is 0 Å². The normalized spacial score (nSPS) is 13.8. The molecule has 0 saturated carbocycles. The van der Waals surface area contributed by atoms with Crippen molar-refractivity contribution in [2.45, 2.75) is 25.7 Å². The molecule has 5 nitrogen and oxygen atoms in total. The summed E-state index contributed by atoms with van der Waals surface area (Å²) >= 11 is 0. The fraction of sp³-hybridized carbons (Fsp3) is 0.278. The van der Waals surface area contributed by atoms with Crippen LogP contribution in [0, 0.1) is 0 Å². The van der Waals surface area contributed by atoms with Crippen molar-refractivity contribution >= 4 is 17.5 Å². The molecule has 0 saturated heterocycles. The Kier molecular flexibility index (Phi) is 4.10. The Hall–Kier alpha value is -2.69. The zero-order valence-electron chi connectivity index (χ0n) is 13.1. The smallest absolute Gasteiger partial charge is 0.227 e. The Labute approximate surface area is 135 Å². The van der Waals surface area contributed by atoms with E-state index in [0.717, 1.165) is 28.8 Å². The van der Waals surface area contributed by atoms with Gasteiger partial charge < -0.3 is 10.6 Å². The van der Waals surface area contributed by atoms with Gasteiger partial charge in [0.1, 0.15) is 0 Å². The number of hydrogen-bond donors (Lipinski definition) is 1. The zero-order valence-corrected chi connectivity index (χ0v) is 13.1. The summed E-state index contributed by atoms with van der Waals surface area (Å²) in [5.41, 5.74) is 10.4. The van der Waals surface area contributed by atoms with E-state index in [-0.39, 0.29) is 11.8 Å². The Bertz CT molecular complexity index is 771. The van der Waals surface area contributed by atoms with Crippen molar-refractivity contribution in [1.82, 2.24) is 4.98 Å².